The first-order valence-corrected chi connectivity index (χ1v) is 9.34. The first-order valence-electron chi connectivity index (χ1n) is 9.34. The highest BCUT2D eigenvalue weighted by Crippen LogP contribution is 2.26. The molecule has 5 nitrogen and oxygen atoms in total. The van der Waals surface area contributed by atoms with E-state index in [0.717, 1.165) is 23.4 Å². The van der Waals surface area contributed by atoms with E-state index in [1.54, 1.807) is 0 Å². The SMILES string of the molecule is O=C(CCc1cnn(-c2ccccc2)c1)NCC1COc2ccccc2C1. The molecule has 1 N–H and O–H groups in total. The topological polar surface area (TPSA) is 56.2 Å². The molecule has 0 spiro atoms. The highest BCUT2D eigenvalue weighted by molar-refractivity contribution is 5.76. The summed E-state index contributed by atoms with van der Waals surface area (Å²) in [6, 6.07) is 18.1. The van der Waals surface area contributed by atoms with Crippen molar-refractivity contribution in [2.75, 3.05) is 13.2 Å². The third-order valence-electron chi connectivity index (χ3n) is 4.84. The maximum Gasteiger partial charge on any atom is 0.220 e. The zero-order valence-electron chi connectivity index (χ0n) is 15.2. The van der Waals surface area contributed by atoms with Gasteiger partial charge in [-0.05, 0) is 42.2 Å². The Morgan fingerprint density at radius 2 is 1.96 bits per heavy atom. The van der Waals surface area contributed by atoms with Crippen LogP contribution in [0.2, 0.25) is 0 Å². The Bertz CT molecular complexity index is 905. The minimum Gasteiger partial charge on any atom is -0.493 e. The molecule has 1 aliphatic heterocycles. The predicted molar refractivity (Wildman–Crippen MR) is 104 cm³/mol. The Morgan fingerprint density at radius 3 is 2.85 bits per heavy atom. The van der Waals surface area contributed by atoms with Crippen LogP contribution >= 0.6 is 0 Å². The second-order valence-electron chi connectivity index (χ2n) is 6.92. The number of aryl methyl sites for hydroxylation is 1. The van der Waals surface area contributed by atoms with E-state index in [4.69, 9.17) is 4.74 Å². The molecule has 138 valence electrons. The number of ether oxygens (including phenoxy) is 1. The van der Waals surface area contributed by atoms with Gasteiger partial charge in [0.1, 0.15) is 5.75 Å². The molecule has 1 unspecified atom stereocenters. The number of benzene rings is 2. The van der Waals surface area contributed by atoms with Crippen LogP contribution < -0.4 is 10.1 Å². The first-order chi connectivity index (χ1) is 13.3. The van der Waals surface area contributed by atoms with Gasteiger partial charge < -0.3 is 10.1 Å². The fourth-order valence-corrected chi connectivity index (χ4v) is 3.34. The predicted octanol–water partition coefficient (Wildman–Crippen LogP) is 3.17. The largest absolute Gasteiger partial charge is 0.493 e. The average Bonchev–Trinajstić information content (AvgIpc) is 3.20. The van der Waals surface area contributed by atoms with E-state index in [0.29, 0.717) is 31.9 Å². The van der Waals surface area contributed by atoms with Gasteiger partial charge in [-0.1, -0.05) is 36.4 Å². The fraction of sp³-hybridized carbons (Fsp3) is 0.273. The van der Waals surface area contributed by atoms with Crippen molar-refractivity contribution >= 4 is 5.91 Å². The molecule has 5 heteroatoms. The highest BCUT2D eigenvalue weighted by atomic mass is 16.5. The molecule has 0 aliphatic carbocycles. The van der Waals surface area contributed by atoms with Gasteiger partial charge in [-0.15, -0.1) is 0 Å². The van der Waals surface area contributed by atoms with Crippen LogP contribution in [0, 0.1) is 5.92 Å². The Morgan fingerprint density at radius 1 is 1.15 bits per heavy atom. The number of hydrogen-bond acceptors (Lipinski definition) is 3. The normalized spacial score (nSPS) is 15.6. The number of carbonyl (C=O) groups is 1. The summed E-state index contributed by atoms with van der Waals surface area (Å²) in [5.74, 6) is 1.36. The molecular formula is C22H23N3O2. The smallest absolute Gasteiger partial charge is 0.220 e. The standard InChI is InChI=1S/C22H23N3O2/c26-22(23-13-18-12-19-6-4-5-9-21(19)27-16-18)11-10-17-14-24-25(15-17)20-7-2-1-3-8-20/h1-9,14-15,18H,10-13,16H2,(H,23,26). The van der Waals surface area contributed by atoms with Crippen LogP contribution in [-0.4, -0.2) is 28.8 Å². The van der Waals surface area contributed by atoms with E-state index >= 15 is 0 Å². The van der Waals surface area contributed by atoms with Crippen LogP contribution in [0.15, 0.2) is 67.0 Å². The minimum atomic E-state index is 0.0707. The summed E-state index contributed by atoms with van der Waals surface area (Å²) in [7, 11) is 0. The lowest BCUT2D eigenvalue weighted by Gasteiger charge is -2.25. The van der Waals surface area contributed by atoms with Gasteiger partial charge in [0.2, 0.25) is 5.91 Å². The molecule has 0 saturated carbocycles. The molecule has 2 aromatic carbocycles. The van der Waals surface area contributed by atoms with Crippen molar-refractivity contribution in [2.45, 2.75) is 19.3 Å². The summed E-state index contributed by atoms with van der Waals surface area (Å²) in [6.07, 6.45) is 5.90. The van der Waals surface area contributed by atoms with Crippen LogP contribution in [0.1, 0.15) is 17.5 Å². The number of nitrogens with zero attached hydrogens (tertiary/aromatic N) is 2. The number of hydrogen-bond donors (Lipinski definition) is 1. The third-order valence-corrected chi connectivity index (χ3v) is 4.84. The van der Waals surface area contributed by atoms with Crippen molar-refractivity contribution in [3.63, 3.8) is 0 Å². The van der Waals surface area contributed by atoms with Gasteiger partial charge in [0.15, 0.2) is 0 Å². The second-order valence-corrected chi connectivity index (χ2v) is 6.92. The van der Waals surface area contributed by atoms with Gasteiger partial charge >= 0.3 is 0 Å². The molecule has 0 saturated heterocycles. The average molecular weight is 361 g/mol. The molecule has 27 heavy (non-hydrogen) atoms. The lowest BCUT2D eigenvalue weighted by Crippen LogP contribution is -2.34. The monoisotopic (exact) mass is 361 g/mol. The quantitative estimate of drug-likeness (QED) is 0.734. The molecule has 0 fully saturated rings. The second kappa shape index (κ2) is 8.08. The zero-order chi connectivity index (χ0) is 18.5. The van der Waals surface area contributed by atoms with Crippen molar-refractivity contribution in [2.24, 2.45) is 5.92 Å². The van der Waals surface area contributed by atoms with E-state index in [2.05, 4.69) is 16.5 Å². The molecule has 1 amide bonds. The number of rotatable bonds is 6. The minimum absolute atomic E-state index is 0.0707. The van der Waals surface area contributed by atoms with Gasteiger partial charge in [0.25, 0.3) is 0 Å². The molecule has 0 radical (unpaired) electrons. The van der Waals surface area contributed by atoms with Crippen LogP contribution in [0.3, 0.4) is 0 Å². The Kier molecular flexibility index (Phi) is 5.19. The maximum absolute atomic E-state index is 12.2. The van der Waals surface area contributed by atoms with Crippen LogP contribution in [0.5, 0.6) is 5.75 Å². The molecule has 1 aromatic heterocycles. The van der Waals surface area contributed by atoms with Crippen LogP contribution in [-0.2, 0) is 17.6 Å². The van der Waals surface area contributed by atoms with Gasteiger partial charge in [0, 0.05) is 25.1 Å². The van der Waals surface area contributed by atoms with Gasteiger partial charge in [-0.25, -0.2) is 4.68 Å². The summed E-state index contributed by atoms with van der Waals surface area (Å²) in [4.78, 5) is 12.2. The van der Waals surface area contributed by atoms with Crippen molar-refractivity contribution in [1.29, 1.82) is 0 Å². The Hall–Kier alpha value is -3.08. The summed E-state index contributed by atoms with van der Waals surface area (Å²) < 4.78 is 7.62. The summed E-state index contributed by atoms with van der Waals surface area (Å²) in [5, 5.41) is 7.42. The number of fused-ring (bicyclic) bond motifs is 1. The molecule has 2 heterocycles. The molecule has 4 rings (SSSR count). The number of carbonyl (C=O) groups excluding carboxylic acids is 1. The highest BCUT2D eigenvalue weighted by Gasteiger charge is 2.19. The van der Waals surface area contributed by atoms with Crippen molar-refractivity contribution < 1.29 is 9.53 Å². The number of para-hydroxylation sites is 2. The molecule has 1 aliphatic rings. The molecule has 0 bridgehead atoms. The molecule has 3 aromatic rings. The zero-order valence-corrected chi connectivity index (χ0v) is 15.2. The van der Waals surface area contributed by atoms with Gasteiger partial charge in [0.05, 0.1) is 18.5 Å². The summed E-state index contributed by atoms with van der Waals surface area (Å²) in [6.45, 7) is 1.30. The van der Waals surface area contributed by atoms with E-state index in [1.807, 2.05) is 65.6 Å². The van der Waals surface area contributed by atoms with E-state index in [-0.39, 0.29) is 5.91 Å². The van der Waals surface area contributed by atoms with Gasteiger partial charge in [-0.2, -0.15) is 5.10 Å². The number of amides is 1. The Balaban J connectivity index is 1.23. The van der Waals surface area contributed by atoms with E-state index < -0.39 is 0 Å². The summed E-state index contributed by atoms with van der Waals surface area (Å²) in [5.41, 5.74) is 3.30. The van der Waals surface area contributed by atoms with Crippen LogP contribution in [0.4, 0.5) is 0 Å². The molecule has 1 atom stereocenters. The van der Waals surface area contributed by atoms with Crippen LogP contribution in [0.25, 0.3) is 5.69 Å². The third kappa shape index (κ3) is 4.37. The van der Waals surface area contributed by atoms with E-state index in [1.165, 1.54) is 5.56 Å². The molecular weight excluding hydrogens is 338 g/mol. The number of nitrogens with one attached hydrogen (secondary N) is 1. The van der Waals surface area contributed by atoms with Crippen molar-refractivity contribution in [3.05, 3.63) is 78.1 Å². The van der Waals surface area contributed by atoms with Crippen molar-refractivity contribution in [3.8, 4) is 11.4 Å². The lowest BCUT2D eigenvalue weighted by atomic mass is 9.97. The summed E-state index contributed by atoms with van der Waals surface area (Å²) >= 11 is 0. The van der Waals surface area contributed by atoms with Gasteiger partial charge in [-0.3, -0.25) is 4.79 Å². The Labute approximate surface area is 159 Å². The van der Waals surface area contributed by atoms with E-state index in [9.17, 15) is 4.79 Å². The maximum atomic E-state index is 12.2. The lowest BCUT2D eigenvalue weighted by molar-refractivity contribution is -0.121. The number of aromatic nitrogens is 2. The first kappa shape index (κ1) is 17.3. The van der Waals surface area contributed by atoms with Crippen molar-refractivity contribution in [1.82, 2.24) is 15.1 Å². The fourth-order valence-electron chi connectivity index (χ4n) is 3.34.